The molecule has 0 aliphatic carbocycles. The summed E-state index contributed by atoms with van der Waals surface area (Å²) in [5.41, 5.74) is -0.0658. The van der Waals surface area contributed by atoms with Gasteiger partial charge in [0.2, 0.25) is 5.91 Å². The Morgan fingerprint density at radius 1 is 1.37 bits per heavy atom. The van der Waals surface area contributed by atoms with Gasteiger partial charge in [0, 0.05) is 0 Å². The topological polar surface area (TPSA) is 41.1 Å². The summed E-state index contributed by atoms with van der Waals surface area (Å²) in [5, 5.41) is 6.04. The van der Waals surface area contributed by atoms with Crippen molar-refractivity contribution in [3.8, 4) is 0 Å². The van der Waals surface area contributed by atoms with Gasteiger partial charge in [0.25, 0.3) is 0 Å². The van der Waals surface area contributed by atoms with Gasteiger partial charge in [0.15, 0.2) is 0 Å². The number of piperidine rings is 1. The van der Waals surface area contributed by atoms with Crippen molar-refractivity contribution in [3.63, 3.8) is 0 Å². The summed E-state index contributed by atoms with van der Waals surface area (Å²) in [7, 11) is 0. The molecule has 0 saturated carbocycles. The van der Waals surface area contributed by atoms with E-state index < -0.39 is 0 Å². The van der Waals surface area contributed by atoms with Crippen molar-refractivity contribution in [1.82, 2.24) is 5.32 Å². The standard InChI is InChI=1S/C15H21FN2O/c1-2-7-15(8-10-17-11-9-15)14(19)18-13-6-4-3-5-12(13)16/h3-6,17H,2,7-11H2,1H3,(H,18,19). The number of benzene rings is 1. The SMILES string of the molecule is CCCC1(C(=O)Nc2ccccc2F)CCNCC1. The van der Waals surface area contributed by atoms with Crippen LogP contribution in [-0.2, 0) is 4.79 Å². The number of carbonyl (C=O) groups excluding carboxylic acids is 1. The molecule has 1 aliphatic heterocycles. The van der Waals surface area contributed by atoms with E-state index in [1.165, 1.54) is 6.07 Å². The summed E-state index contributed by atoms with van der Waals surface area (Å²) in [5.74, 6) is -0.419. The molecule has 1 aliphatic rings. The lowest BCUT2D eigenvalue weighted by molar-refractivity contribution is -0.127. The van der Waals surface area contributed by atoms with Crippen LogP contribution in [0.2, 0.25) is 0 Å². The second kappa shape index (κ2) is 6.15. The van der Waals surface area contributed by atoms with Gasteiger partial charge in [-0.1, -0.05) is 25.5 Å². The molecule has 1 aromatic rings. The van der Waals surface area contributed by atoms with Crippen LogP contribution in [0.4, 0.5) is 10.1 Å². The van der Waals surface area contributed by atoms with Gasteiger partial charge in [-0.05, 0) is 44.5 Å². The predicted molar refractivity (Wildman–Crippen MR) is 74.5 cm³/mol. The molecule has 1 saturated heterocycles. The summed E-state index contributed by atoms with van der Waals surface area (Å²) >= 11 is 0. The average molecular weight is 264 g/mol. The van der Waals surface area contributed by atoms with E-state index in [2.05, 4.69) is 17.6 Å². The molecule has 0 radical (unpaired) electrons. The number of hydrogen-bond acceptors (Lipinski definition) is 2. The van der Waals surface area contributed by atoms with Crippen LogP contribution in [0, 0.1) is 11.2 Å². The van der Waals surface area contributed by atoms with Crippen LogP contribution in [0.25, 0.3) is 0 Å². The van der Waals surface area contributed by atoms with Crippen molar-refractivity contribution in [3.05, 3.63) is 30.1 Å². The van der Waals surface area contributed by atoms with Crippen LogP contribution < -0.4 is 10.6 Å². The molecule has 1 heterocycles. The van der Waals surface area contributed by atoms with E-state index in [0.717, 1.165) is 38.8 Å². The van der Waals surface area contributed by atoms with E-state index in [1.807, 2.05) is 0 Å². The quantitative estimate of drug-likeness (QED) is 0.878. The van der Waals surface area contributed by atoms with Gasteiger partial charge in [-0.3, -0.25) is 4.79 Å². The Morgan fingerprint density at radius 2 is 2.05 bits per heavy atom. The van der Waals surface area contributed by atoms with Crippen molar-refractivity contribution < 1.29 is 9.18 Å². The van der Waals surface area contributed by atoms with Crippen LogP contribution in [0.15, 0.2) is 24.3 Å². The number of para-hydroxylation sites is 1. The van der Waals surface area contributed by atoms with Gasteiger partial charge in [-0.15, -0.1) is 0 Å². The van der Waals surface area contributed by atoms with Gasteiger partial charge in [-0.2, -0.15) is 0 Å². The lowest BCUT2D eigenvalue weighted by Gasteiger charge is -2.36. The molecule has 0 unspecified atom stereocenters. The van der Waals surface area contributed by atoms with Crippen molar-refractivity contribution in [2.75, 3.05) is 18.4 Å². The molecule has 1 fully saturated rings. The molecule has 0 atom stereocenters. The maximum absolute atomic E-state index is 13.6. The van der Waals surface area contributed by atoms with E-state index >= 15 is 0 Å². The number of nitrogens with one attached hydrogen (secondary N) is 2. The Hall–Kier alpha value is -1.42. The van der Waals surface area contributed by atoms with Crippen molar-refractivity contribution in [1.29, 1.82) is 0 Å². The third-order valence-electron chi connectivity index (χ3n) is 3.89. The second-order valence-electron chi connectivity index (χ2n) is 5.21. The fourth-order valence-electron chi connectivity index (χ4n) is 2.79. The van der Waals surface area contributed by atoms with Crippen molar-refractivity contribution in [2.24, 2.45) is 5.41 Å². The van der Waals surface area contributed by atoms with E-state index in [-0.39, 0.29) is 22.8 Å². The van der Waals surface area contributed by atoms with Crippen LogP contribution in [0.1, 0.15) is 32.6 Å². The van der Waals surface area contributed by atoms with Crippen LogP contribution in [-0.4, -0.2) is 19.0 Å². The summed E-state index contributed by atoms with van der Waals surface area (Å²) in [4.78, 5) is 12.5. The summed E-state index contributed by atoms with van der Waals surface area (Å²) in [6.07, 6.45) is 3.46. The van der Waals surface area contributed by atoms with Crippen molar-refractivity contribution in [2.45, 2.75) is 32.6 Å². The minimum atomic E-state index is -0.378. The highest BCUT2D eigenvalue weighted by molar-refractivity contribution is 5.95. The first kappa shape index (κ1) is 14.0. The van der Waals surface area contributed by atoms with E-state index in [0.29, 0.717) is 0 Å². The van der Waals surface area contributed by atoms with E-state index in [4.69, 9.17) is 0 Å². The zero-order chi connectivity index (χ0) is 13.7. The van der Waals surface area contributed by atoms with Gasteiger partial charge in [0.1, 0.15) is 5.82 Å². The first-order chi connectivity index (χ1) is 9.18. The normalized spacial score (nSPS) is 18.0. The molecule has 104 valence electrons. The van der Waals surface area contributed by atoms with Crippen molar-refractivity contribution >= 4 is 11.6 Å². The summed E-state index contributed by atoms with van der Waals surface area (Å²) in [6.45, 7) is 3.79. The number of anilines is 1. The first-order valence-corrected chi connectivity index (χ1v) is 6.95. The molecule has 0 bridgehead atoms. The number of hydrogen-bond donors (Lipinski definition) is 2. The fraction of sp³-hybridized carbons (Fsp3) is 0.533. The molecule has 19 heavy (non-hydrogen) atoms. The first-order valence-electron chi connectivity index (χ1n) is 6.95. The highest BCUT2D eigenvalue weighted by Crippen LogP contribution is 2.35. The van der Waals surface area contributed by atoms with Gasteiger partial charge >= 0.3 is 0 Å². The molecular weight excluding hydrogens is 243 g/mol. The molecule has 0 aromatic heterocycles. The highest BCUT2D eigenvalue weighted by atomic mass is 19.1. The molecule has 2 N–H and O–H groups in total. The van der Waals surface area contributed by atoms with Crippen LogP contribution in [0.3, 0.4) is 0 Å². The Kier molecular flexibility index (Phi) is 4.53. The minimum absolute atomic E-state index is 0.0408. The Labute approximate surface area is 113 Å². The summed E-state index contributed by atoms with van der Waals surface area (Å²) < 4.78 is 13.6. The smallest absolute Gasteiger partial charge is 0.230 e. The Morgan fingerprint density at radius 3 is 2.68 bits per heavy atom. The third kappa shape index (κ3) is 3.13. The average Bonchev–Trinajstić information content (AvgIpc) is 2.42. The third-order valence-corrected chi connectivity index (χ3v) is 3.89. The van der Waals surface area contributed by atoms with Crippen LogP contribution >= 0.6 is 0 Å². The molecule has 2 rings (SSSR count). The minimum Gasteiger partial charge on any atom is -0.323 e. The highest BCUT2D eigenvalue weighted by Gasteiger charge is 2.38. The largest absolute Gasteiger partial charge is 0.323 e. The van der Waals surface area contributed by atoms with Gasteiger partial charge in [0.05, 0.1) is 11.1 Å². The van der Waals surface area contributed by atoms with E-state index in [9.17, 15) is 9.18 Å². The lowest BCUT2D eigenvalue weighted by atomic mass is 9.74. The number of amides is 1. The molecule has 0 spiro atoms. The molecule has 1 amide bonds. The second-order valence-corrected chi connectivity index (χ2v) is 5.21. The lowest BCUT2D eigenvalue weighted by Crippen LogP contribution is -2.45. The monoisotopic (exact) mass is 264 g/mol. The maximum atomic E-state index is 13.6. The van der Waals surface area contributed by atoms with Crippen LogP contribution in [0.5, 0.6) is 0 Å². The predicted octanol–water partition coefficient (Wildman–Crippen LogP) is 2.93. The van der Waals surface area contributed by atoms with E-state index in [1.54, 1.807) is 18.2 Å². The zero-order valence-corrected chi connectivity index (χ0v) is 11.3. The Balaban J connectivity index is 2.14. The number of halogens is 1. The molecule has 4 heteroatoms. The molecule has 1 aromatic carbocycles. The molecular formula is C15H21FN2O. The summed E-state index contributed by atoms with van der Waals surface area (Å²) in [6, 6.07) is 6.32. The van der Waals surface area contributed by atoms with Gasteiger partial charge < -0.3 is 10.6 Å². The maximum Gasteiger partial charge on any atom is 0.230 e. The fourth-order valence-corrected chi connectivity index (χ4v) is 2.79. The molecule has 3 nitrogen and oxygen atoms in total. The number of carbonyl (C=O) groups is 1. The number of rotatable bonds is 4. The Bertz CT molecular complexity index is 436. The zero-order valence-electron chi connectivity index (χ0n) is 11.3. The van der Waals surface area contributed by atoms with Gasteiger partial charge in [-0.25, -0.2) is 4.39 Å².